The first-order chi connectivity index (χ1) is 9.79. The van der Waals surface area contributed by atoms with Crippen molar-refractivity contribution in [1.82, 2.24) is 0 Å². The van der Waals surface area contributed by atoms with E-state index < -0.39 is 0 Å². The summed E-state index contributed by atoms with van der Waals surface area (Å²) in [7, 11) is 0. The predicted molar refractivity (Wildman–Crippen MR) is 88.5 cm³/mol. The lowest BCUT2D eigenvalue weighted by Crippen LogP contribution is -2.29. The van der Waals surface area contributed by atoms with Gasteiger partial charge >= 0.3 is 0 Å². The number of nitrogens with zero attached hydrogens (tertiary/aromatic N) is 1. The minimum atomic E-state index is 0.261. The number of hydrogen-bond donors (Lipinski definition) is 2. The maximum atomic E-state index is 6.08. The number of hydrogen-bond acceptors (Lipinski definition) is 3. The van der Waals surface area contributed by atoms with E-state index in [1.807, 2.05) is 0 Å². The fraction of sp³-hybridized carbons (Fsp3) is 0.647. The fourth-order valence-corrected chi connectivity index (χ4v) is 2.76. The van der Waals surface area contributed by atoms with E-state index in [9.17, 15) is 0 Å². The largest absolute Gasteiger partial charge is 0.383 e. The molecule has 0 amide bonds. The van der Waals surface area contributed by atoms with Crippen LogP contribution in [0.2, 0.25) is 0 Å². The lowest BCUT2D eigenvalue weighted by atomic mass is 10.1. The van der Waals surface area contributed by atoms with Crippen LogP contribution in [0.4, 0.5) is 11.4 Å². The zero-order chi connectivity index (χ0) is 14.2. The number of nitrogens with one attached hydrogen (secondary N) is 1. The van der Waals surface area contributed by atoms with Gasteiger partial charge in [-0.25, -0.2) is 0 Å². The summed E-state index contributed by atoms with van der Waals surface area (Å²) in [5.74, 6) is 0. The molecule has 3 nitrogen and oxygen atoms in total. The number of piperidine rings is 1. The molecule has 0 aromatic heterocycles. The highest BCUT2D eigenvalue weighted by Crippen LogP contribution is 2.21. The minimum absolute atomic E-state index is 0.261. The van der Waals surface area contributed by atoms with Crippen molar-refractivity contribution in [3.05, 3.63) is 24.3 Å². The Hall–Kier alpha value is -1.22. The van der Waals surface area contributed by atoms with Crippen molar-refractivity contribution in [3.8, 4) is 0 Å². The van der Waals surface area contributed by atoms with Crippen molar-refractivity contribution in [2.75, 3.05) is 29.9 Å². The smallest absolute Gasteiger partial charge is 0.0367 e. The normalized spacial score (nSPS) is 17.0. The van der Waals surface area contributed by atoms with Gasteiger partial charge in [0.1, 0.15) is 0 Å². The minimum Gasteiger partial charge on any atom is -0.383 e. The second-order valence-electron chi connectivity index (χ2n) is 5.88. The summed E-state index contributed by atoms with van der Waals surface area (Å²) >= 11 is 0. The van der Waals surface area contributed by atoms with Gasteiger partial charge in [-0.3, -0.25) is 0 Å². The highest BCUT2D eigenvalue weighted by Gasteiger charge is 2.10. The number of rotatable bonds is 7. The van der Waals surface area contributed by atoms with Crippen LogP contribution in [0.3, 0.4) is 0 Å². The number of unbranched alkanes of at least 4 members (excludes halogenated alkanes) is 1. The molecule has 1 aromatic rings. The summed E-state index contributed by atoms with van der Waals surface area (Å²) in [6.45, 7) is 5.48. The molecule has 3 N–H and O–H groups in total. The third-order valence-corrected chi connectivity index (χ3v) is 4.09. The molecule has 1 aliphatic rings. The molecular weight excluding hydrogens is 246 g/mol. The van der Waals surface area contributed by atoms with Crippen molar-refractivity contribution in [2.24, 2.45) is 5.73 Å². The van der Waals surface area contributed by atoms with Gasteiger partial charge in [0.05, 0.1) is 0 Å². The number of anilines is 2. The van der Waals surface area contributed by atoms with Crippen LogP contribution >= 0.6 is 0 Å². The van der Waals surface area contributed by atoms with Crippen LogP contribution in [-0.2, 0) is 0 Å². The second kappa shape index (κ2) is 8.15. The Balaban J connectivity index is 1.79. The van der Waals surface area contributed by atoms with E-state index in [1.54, 1.807) is 0 Å². The number of nitrogens with two attached hydrogens (primary N) is 1. The summed E-state index contributed by atoms with van der Waals surface area (Å²) in [6.07, 6.45) is 7.58. The van der Waals surface area contributed by atoms with E-state index in [1.165, 1.54) is 56.6 Å². The van der Waals surface area contributed by atoms with E-state index in [-0.39, 0.29) is 6.04 Å². The van der Waals surface area contributed by atoms with Gasteiger partial charge in [0, 0.05) is 37.1 Å². The molecule has 1 heterocycles. The van der Waals surface area contributed by atoms with Gasteiger partial charge in [-0.2, -0.15) is 0 Å². The Morgan fingerprint density at radius 3 is 2.50 bits per heavy atom. The van der Waals surface area contributed by atoms with Crippen molar-refractivity contribution < 1.29 is 0 Å². The lowest BCUT2D eigenvalue weighted by molar-refractivity contribution is 0.578. The van der Waals surface area contributed by atoms with E-state index in [4.69, 9.17) is 5.73 Å². The molecule has 0 aliphatic carbocycles. The molecule has 0 saturated carbocycles. The summed E-state index contributed by atoms with van der Waals surface area (Å²) < 4.78 is 0. The molecule has 1 atom stereocenters. The average Bonchev–Trinajstić information content (AvgIpc) is 2.52. The zero-order valence-electron chi connectivity index (χ0n) is 12.8. The third-order valence-electron chi connectivity index (χ3n) is 4.09. The van der Waals surface area contributed by atoms with Crippen LogP contribution in [0, 0.1) is 0 Å². The quantitative estimate of drug-likeness (QED) is 0.799. The maximum absolute atomic E-state index is 6.08. The van der Waals surface area contributed by atoms with Gasteiger partial charge in [0.15, 0.2) is 0 Å². The molecular formula is C17H29N3. The predicted octanol–water partition coefficient (Wildman–Crippen LogP) is 3.61. The maximum Gasteiger partial charge on any atom is 0.0367 e. The van der Waals surface area contributed by atoms with Crippen LogP contribution in [0.1, 0.15) is 45.4 Å². The monoisotopic (exact) mass is 275 g/mol. The van der Waals surface area contributed by atoms with Crippen molar-refractivity contribution in [1.29, 1.82) is 0 Å². The molecule has 1 aliphatic heterocycles. The summed E-state index contributed by atoms with van der Waals surface area (Å²) in [5, 5.41) is 3.44. The van der Waals surface area contributed by atoms with E-state index in [0.29, 0.717) is 0 Å². The molecule has 1 unspecified atom stereocenters. The summed E-state index contributed by atoms with van der Waals surface area (Å²) in [6, 6.07) is 9.07. The Bertz CT molecular complexity index is 368. The fourth-order valence-electron chi connectivity index (χ4n) is 2.76. The lowest BCUT2D eigenvalue weighted by Gasteiger charge is -2.29. The van der Waals surface area contributed by atoms with Crippen LogP contribution in [0.5, 0.6) is 0 Å². The average molecular weight is 275 g/mol. The molecule has 0 bridgehead atoms. The van der Waals surface area contributed by atoms with Crippen molar-refractivity contribution in [3.63, 3.8) is 0 Å². The Kier molecular flexibility index (Phi) is 6.19. The first kappa shape index (κ1) is 15.2. The van der Waals surface area contributed by atoms with Gasteiger partial charge in [-0.1, -0.05) is 19.8 Å². The van der Waals surface area contributed by atoms with Crippen molar-refractivity contribution in [2.45, 2.75) is 51.5 Å². The Labute approximate surface area is 123 Å². The van der Waals surface area contributed by atoms with Crippen LogP contribution < -0.4 is 16.0 Å². The molecule has 112 valence electrons. The van der Waals surface area contributed by atoms with Gasteiger partial charge in [0.2, 0.25) is 0 Å². The molecule has 3 heteroatoms. The van der Waals surface area contributed by atoms with Crippen LogP contribution in [0.25, 0.3) is 0 Å². The van der Waals surface area contributed by atoms with E-state index >= 15 is 0 Å². The summed E-state index contributed by atoms with van der Waals surface area (Å²) in [5.41, 5.74) is 8.61. The Morgan fingerprint density at radius 2 is 1.85 bits per heavy atom. The first-order valence-corrected chi connectivity index (χ1v) is 8.14. The highest BCUT2D eigenvalue weighted by molar-refractivity contribution is 5.55. The molecule has 2 rings (SSSR count). The third kappa shape index (κ3) is 4.71. The van der Waals surface area contributed by atoms with E-state index in [2.05, 4.69) is 41.4 Å². The molecule has 1 aromatic carbocycles. The van der Waals surface area contributed by atoms with Gasteiger partial charge in [0.25, 0.3) is 0 Å². The second-order valence-corrected chi connectivity index (χ2v) is 5.88. The summed E-state index contributed by atoms with van der Waals surface area (Å²) in [4.78, 5) is 2.49. The molecule has 0 radical (unpaired) electrons. The van der Waals surface area contributed by atoms with Gasteiger partial charge in [-0.05, 0) is 49.9 Å². The van der Waals surface area contributed by atoms with Gasteiger partial charge in [-0.15, -0.1) is 0 Å². The SMILES string of the molecule is CCCCC(N)CNc1ccc(N2CCCCC2)cc1. The molecule has 1 saturated heterocycles. The topological polar surface area (TPSA) is 41.3 Å². The first-order valence-electron chi connectivity index (χ1n) is 8.14. The van der Waals surface area contributed by atoms with Crippen LogP contribution in [0.15, 0.2) is 24.3 Å². The Morgan fingerprint density at radius 1 is 1.15 bits per heavy atom. The zero-order valence-corrected chi connectivity index (χ0v) is 12.8. The number of benzene rings is 1. The molecule has 1 fully saturated rings. The molecule has 0 spiro atoms. The van der Waals surface area contributed by atoms with Crippen molar-refractivity contribution >= 4 is 11.4 Å². The standard InChI is InChI=1S/C17H29N3/c1-2-3-7-15(18)14-19-16-8-10-17(11-9-16)20-12-5-4-6-13-20/h8-11,15,19H,2-7,12-14,18H2,1H3. The molecule has 20 heavy (non-hydrogen) atoms. The van der Waals surface area contributed by atoms with Gasteiger partial charge < -0.3 is 16.0 Å². The highest BCUT2D eigenvalue weighted by atomic mass is 15.1. The van der Waals surface area contributed by atoms with Crippen LogP contribution in [-0.4, -0.2) is 25.7 Å². The van der Waals surface area contributed by atoms with E-state index in [0.717, 1.165) is 13.0 Å².